The number of nitrogens with zero attached hydrogens (tertiary/aromatic N) is 2. The Hall–Kier alpha value is -1.43. The Labute approximate surface area is 82.0 Å². The summed E-state index contributed by atoms with van der Waals surface area (Å²) < 4.78 is 5.25. The summed E-state index contributed by atoms with van der Waals surface area (Å²) in [5.41, 5.74) is 0.287. The van der Waals surface area contributed by atoms with Gasteiger partial charge in [0.1, 0.15) is 0 Å². The summed E-state index contributed by atoms with van der Waals surface area (Å²) in [5.74, 6) is -0.244. The molecule has 1 heterocycles. The molecule has 2 N–H and O–H groups in total. The van der Waals surface area contributed by atoms with Gasteiger partial charge in [-0.25, -0.2) is 0 Å². The second-order valence-electron chi connectivity index (χ2n) is 3.03. The quantitative estimate of drug-likeness (QED) is 0.650. The van der Waals surface area contributed by atoms with E-state index in [-0.39, 0.29) is 17.7 Å². The molecule has 14 heavy (non-hydrogen) atoms. The van der Waals surface area contributed by atoms with E-state index in [2.05, 4.69) is 20.7 Å². The van der Waals surface area contributed by atoms with Crippen LogP contribution >= 0.6 is 0 Å². The van der Waals surface area contributed by atoms with Gasteiger partial charge < -0.3 is 10.1 Å². The third kappa shape index (κ3) is 3.53. The molecule has 1 aromatic heterocycles. The van der Waals surface area contributed by atoms with E-state index in [1.165, 1.54) is 6.20 Å². The zero-order valence-corrected chi connectivity index (χ0v) is 8.28. The molecule has 0 saturated heterocycles. The highest BCUT2D eigenvalue weighted by Gasteiger charge is 2.06. The summed E-state index contributed by atoms with van der Waals surface area (Å²) in [5, 5.41) is 12.2. The maximum atomic E-state index is 11.3. The molecule has 0 aromatic carbocycles. The van der Waals surface area contributed by atoms with Gasteiger partial charge in [-0.1, -0.05) is 0 Å². The summed E-state index contributed by atoms with van der Waals surface area (Å²) >= 11 is 0. The molecule has 0 spiro atoms. The molecule has 0 fully saturated rings. The molecule has 0 unspecified atom stereocenters. The first kappa shape index (κ1) is 10.6. The fraction of sp³-hybridized carbons (Fsp3) is 0.625. The second kappa shape index (κ2) is 5.33. The van der Waals surface area contributed by atoms with Crippen molar-refractivity contribution in [3.05, 3.63) is 11.9 Å². The molecule has 6 nitrogen and oxygen atoms in total. The van der Waals surface area contributed by atoms with Crippen LogP contribution in [0.25, 0.3) is 0 Å². The Bertz CT molecular complexity index is 271. The predicted molar refractivity (Wildman–Crippen MR) is 49.8 cm³/mol. The minimum absolute atomic E-state index is 0.180. The fourth-order valence-electron chi connectivity index (χ4n) is 0.861. The van der Waals surface area contributed by atoms with E-state index in [0.717, 1.165) is 0 Å². The van der Waals surface area contributed by atoms with Crippen molar-refractivity contribution >= 4 is 5.91 Å². The first-order valence-corrected chi connectivity index (χ1v) is 4.45. The Balaban J connectivity index is 2.16. The third-order valence-corrected chi connectivity index (χ3v) is 1.49. The summed E-state index contributed by atoms with van der Waals surface area (Å²) in [6.07, 6.45) is 1.55. The molecule has 0 aliphatic rings. The number of amides is 1. The third-order valence-electron chi connectivity index (χ3n) is 1.49. The highest BCUT2D eigenvalue weighted by Crippen LogP contribution is 1.88. The van der Waals surface area contributed by atoms with Crippen molar-refractivity contribution < 1.29 is 9.53 Å². The topological polar surface area (TPSA) is 79.9 Å². The van der Waals surface area contributed by atoms with E-state index in [1.807, 2.05) is 13.8 Å². The average Bonchev–Trinajstić information content (AvgIpc) is 2.64. The van der Waals surface area contributed by atoms with Gasteiger partial charge in [-0.2, -0.15) is 15.4 Å². The van der Waals surface area contributed by atoms with Gasteiger partial charge >= 0.3 is 0 Å². The first-order chi connectivity index (χ1) is 6.70. The van der Waals surface area contributed by atoms with Gasteiger partial charge in [-0.3, -0.25) is 4.79 Å². The summed E-state index contributed by atoms with van der Waals surface area (Å²) in [4.78, 5) is 11.3. The van der Waals surface area contributed by atoms with Crippen molar-refractivity contribution in [2.24, 2.45) is 0 Å². The van der Waals surface area contributed by atoms with Crippen molar-refractivity contribution in [1.29, 1.82) is 0 Å². The number of carbonyl (C=O) groups excluding carboxylic acids is 1. The van der Waals surface area contributed by atoms with Crippen LogP contribution < -0.4 is 5.32 Å². The van der Waals surface area contributed by atoms with Gasteiger partial charge in [0.2, 0.25) is 0 Å². The van der Waals surface area contributed by atoms with Crippen LogP contribution in [-0.4, -0.2) is 40.6 Å². The number of carbonyl (C=O) groups is 1. The molecule has 1 aromatic rings. The molecular weight excluding hydrogens is 184 g/mol. The maximum absolute atomic E-state index is 11.3. The molecule has 0 radical (unpaired) electrons. The highest BCUT2D eigenvalue weighted by molar-refractivity contribution is 5.91. The van der Waals surface area contributed by atoms with E-state index in [9.17, 15) is 4.79 Å². The van der Waals surface area contributed by atoms with Gasteiger partial charge in [0.05, 0.1) is 18.9 Å². The zero-order chi connectivity index (χ0) is 10.4. The summed E-state index contributed by atoms with van der Waals surface area (Å²) in [6, 6.07) is 0. The van der Waals surface area contributed by atoms with Crippen LogP contribution in [-0.2, 0) is 4.74 Å². The SMILES string of the molecule is CC(C)OCCNC(=O)c1cn[nH]n1. The predicted octanol–water partition coefficient (Wildman–Crippen LogP) is -0.0405. The van der Waals surface area contributed by atoms with Crippen LogP contribution in [0.2, 0.25) is 0 Å². The van der Waals surface area contributed by atoms with E-state index in [0.29, 0.717) is 13.2 Å². The second-order valence-corrected chi connectivity index (χ2v) is 3.03. The van der Waals surface area contributed by atoms with Gasteiger partial charge in [0.15, 0.2) is 5.69 Å². The molecule has 6 heteroatoms. The van der Waals surface area contributed by atoms with E-state index < -0.39 is 0 Å². The molecule has 1 amide bonds. The van der Waals surface area contributed by atoms with Crippen molar-refractivity contribution in [3.63, 3.8) is 0 Å². The van der Waals surface area contributed by atoms with Crippen LogP contribution in [0.5, 0.6) is 0 Å². The summed E-state index contributed by atoms with van der Waals surface area (Å²) in [6.45, 7) is 4.87. The number of aromatic amines is 1. The molecule has 0 aliphatic carbocycles. The molecule has 0 bridgehead atoms. The van der Waals surface area contributed by atoms with Gasteiger partial charge in [0.25, 0.3) is 5.91 Å². The molecular formula is C8H14N4O2. The largest absolute Gasteiger partial charge is 0.377 e. The van der Waals surface area contributed by atoms with Crippen molar-refractivity contribution in [3.8, 4) is 0 Å². The molecule has 1 rings (SSSR count). The molecule has 78 valence electrons. The highest BCUT2D eigenvalue weighted by atomic mass is 16.5. The maximum Gasteiger partial charge on any atom is 0.273 e. The van der Waals surface area contributed by atoms with E-state index in [1.54, 1.807) is 0 Å². The monoisotopic (exact) mass is 198 g/mol. The van der Waals surface area contributed by atoms with Gasteiger partial charge in [-0.05, 0) is 13.8 Å². The van der Waals surface area contributed by atoms with Crippen molar-refractivity contribution in [2.75, 3.05) is 13.2 Å². The Kier molecular flexibility index (Phi) is 4.06. The standard InChI is InChI=1S/C8H14N4O2/c1-6(2)14-4-3-9-8(13)7-5-10-12-11-7/h5-6H,3-4H2,1-2H3,(H,9,13)(H,10,11,12). The lowest BCUT2D eigenvalue weighted by Gasteiger charge is -2.07. The Morgan fingerprint density at radius 3 is 3.07 bits per heavy atom. The van der Waals surface area contributed by atoms with Crippen LogP contribution in [0.4, 0.5) is 0 Å². The lowest BCUT2D eigenvalue weighted by atomic mass is 10.4. The number of H-pyrrole nitrogens is 1. The number of aromatic nitrogens is 3. The minimum Gasteiger partial charge on any atom is -0.377 e. The van der Waals surface area contributed by atoms with Gasteiger partial charge in [0, 0.05) is 6.54 Å². The number of rotatable bonds is 5. The van der Waals surface area contributed by atoms with Crippen LogP contribution in [0.3, 0.4) is 0 Å². The van der Waals surface area contributed by atoms with E-state index in [4.69, 9.17) is 4.74 Å². The van der Waals surface area contributed by atoms with Crippen LogP contribution in [0.1, 0.15) is 24.3 Å². The Morgan fingerprint density at radius 1 is 1.71 bits per heavy atom. The zero-order valence-electron chi connectivity index (χ0n) is 8.28. The van der Waals surface area contributed by atoms with Crippen LogP contribution in [0, 0.1) is 0 Å². The fourth-order valence-corrected chi connectivity index (χ4v) is 0.861. The smallest absolute Gasteiger partial charge is 0.273 e. The average molecular weight is 198 g/mol. The normalized spacial score (nSPS) is 10.5. The molecule has 0 atom stereocenters. The van der Waals surface area contributed by atoms with Crippen molar-refractivity contribution in [2.45, 2.75) is 20.0 Å². The summed E-state index contributed by atoms with van der Waals surface area (Å²) in [7, 11) is 0. The molecule has 0 saturated carbocycles. The van der Waals surface area contributed by atoms with Crippen LogP contribution in [0.15, 0.2) is 6.20 Å². The number of ether oxygens (including phenoxy) is 1. The minimum atomic E-state index is -0.244. The Morgan fingerprint density at radius 2 is 2.50 bits per heavy atom. The van der Waals surface area contributed by atoms with Crippen molar-refractivity contribution in [1.82, 2.24) is 20.7 Å². The number of hydrogen-bond acceptors (Lipinski definition) is 4. The molecule has 0 aliphatic heterocycles. The number of hydrogen-bond donors (Lipinski definition) is 2. The first-order valence-electron chi connectivity index (χ1n) is 4.45. The lowest BCUT2D eigenvalue weighted by molar-refractivity contribution is 0.0745. The van der Waals surface area contributed by atoms with Gasteiger partial charge in [-0.15, -0.1) is 0 Å². The number of nitrogens with one attached hydrogen (secondary N) is 2. The van der Waals surface area contributed by atoms with E-state index >= 15 is 0 Å². The lowest BCUT2D eigenvalue weighted by Crippen LogP contribution is -2.28.